The van der Waals surface area contributed by atoms with Crippen molar-refractivity contribution >= 4 is 39.1 Å². The number of sulfonamides is 1. The second-order valence-corrected chi connectivity index (χ2v) is 8.00. The summed E-state index contributed by atoms with van der Waals surface area (Å²) in [5, 5.41) is 0.687. The number of carbonyl (C=O) groups excluding carboxylic acids is 1. The van der Waals surface area contributed by atoms with Crippen LogP contribution in [-0.2, 0) is 14.8 Å². The summed E-state index contributed by atoms with van der Waals surface area (Å²) in [5.74, 6) is -0.380. The number of rotatable bonds is 6. The van der Waals surface area contributed by atoms with Crippen molar-refractivity contribution in [3.05, 3.63) is 58.1 Å². The molecular formula is C16H16Cl2N2O4S. The lowest BCUT2D eigenvalue weighted by Gasteiger charge is -2.18. The van der Waals surface area contributed by atoms with Crippen LogP contribution in [0.25, 0.3) is 0 Å². The number of benzene rings is 2. The molecule has 0 unspecified atom stereocenters. The fourth-order valence-electron chi connectivity index (χ4n) is 1.87. The van der Waals surface area contributed by atoms with E-state index in [0.717, 1.165) is 9.98 Å². The van der Waals surface area contributed by atoms with Crippen LogP contribution in [-0.4, -0.2) is 32.4 Å². The van der Waals surface area contributed by atoms with Gasteiger partial charge in [0.25, 0.3) is 15.9 Å². The predicted molar refractivity (Wildman–Crippen MR) is 96.2 cm³/mol. The normalized spacial score (nSPS) is 11.4. The number of halogens is 2. The monoisotopic (exact) mass is 402 g/mol. The summed E-state index contributed by atoms with van der Waals surface area (Å²) in [5.41, 5.74) is 3.18. The number of hydrogen-bond acceptors (Lipinski definition) is 4. The highest BCUT2D eigenvalue weighted by Gasteiger charge is 2.22. The minimum atomic E-state index is -3.85. The van der Waals surface area contributed by atoms with Crippen LogP contribution in [0, 0.1) is 6.92 Å². The van der Waals surface area contributed by atoms with E-state index in [1.807, 2.05) is 6.92 Å². The lowest BCUT2D eigenvalue weighted by atomic mass is 10.2. The van der Waals surface area contributed by atoms with Gasteiger partial charge in [-0.05, 0) is 37.3 Å². The molecule has 1 amide bonds. The zero-order chi connectivity index (χ0) is 18.6. The third kappa shape index (κ3) is 5.09. The van der Waals surface area contributed by atoms with Crippen molar-refractivity contribution in [3.63, 3.8) is 0 Å². The van der Waals surface area contributed by atoms with Gasteiger partial charge >= 0.3 is 0 Å². The summed E-state index contributed by atoms with van der Waals surface area (Å²) in [6.45, 7) is 1.44. The number of hydrazine groups is 1. The van der Waals surface area contributed by atoms with Crippen molar-refractivity contribution in [2.75, 3.05) is 13.7 Å². The van der Waals surface area contributed by atoms with E-state index in [2.05, 4.69) is 5.43 Å². The van der Waals surface area contributed by atoms with Gasteiger partial charge in [0.1, 0.15) is 5.75 Å². The molecule has 0 saturated carbocycles. The minimum Gasteiger partial charge on any atom is -0.482 e. The maximum atomic E-state index is 12.4. The highest BCUT2D eigenvalue weighted by Crippen LogP contribution is 2.27. The van der Waals surface area contributed by atoms with Gasteiger partial charge in [-0.15, -0.1) is 4.41 Å². The molecule has 6 nitrogen and oxygen atoms in total. The molecule has 0 bridgehead atoms. The van der Waals surface area contributed by atoms with Crippen LogP contribution in [0.4, 0.5) is 0 Å². The summed E-state index contributed by atoms with van der Waals surface area (Å²) < 4.78 is 30.8. The molecule has 9 heteroatoms. The van der Waals surface area contributed by atoms with Gasteiger partial charge < -0.3 is 4.74 Å². The second kappa shape index (κ2) is 8.05. The minimum absolute atomic E-state index is 0.0718. The van der Waals surface area contributed by atoms with Crippen LogP contribution in [0.2, 0.25) is 10.0 Å². The van der Waals surface area contributed by atoms with E-state index in [1.165, 1.54) is 31.3 Å². The smallest absolute Gasteiger partial charge is 0.273 e. The highest BCUT2D eigenvalue weighted by molar-refractivity contribution is 7.89. The first-order valence-corrected chi connectivity index (χ1v) is 9.32. The van der Waals surface area contributed by atoms with Gasteiger partial charge in [-0.1, -0.05) is 40.9 Å². The third-order valence-corrected chi connectivity index (χ3v) is 5.42. The summed E-state index contributed by atoms with van der Waals surface area (Å²) >= 11 is 11.7. The van der Waals surface area contributed by atoms with Crippen LogP contribution < -0.4 is 10.2 Å². The zero-order valence-electron chi connectivity index (χ0n) is 13.5. The molecule has 0 aliphatic carbocycles. The second-order valence-electron chi connectivity index (χ2n) is 5.18. The quantitative estimate of drug-likeness (QED) is 0.753. The Bertz CT molecular complexity index is 870. The lowest BCUT2D eigenvalue weighted by molar-refractivity contribution is -0.125. The van der Waals surface area contributed by atoms with Gasteiger partial charge in [-0.25, -0.2) is 8.42 Å². The average molecular weight is 403 g/mol. The largest absolute Gasteiger partial charge is 0.482 e. The first kappa shape index (κ1) is 19.5. The molecule has 0 aliphatic heterocycles. The Balaban J connectivity index is 1.98. The number of amides is 1. The van der Waals surface area contributed by atoms with E-state index in [1.54, 1.807) is 18.2 Å². The highest BCUT2D eigenvalue weighted by atomic mass is 35.5. The maximum absolute atomic E-state index is 12.4. The third-order valence-electron chi connectivity index (χ3n) is 3.21. The zero-order valence-corrected chi connectivity index (χ0v) is 15.8. The van der Waals surface area contributed by atoms with E-state index < -0.39 is 22.5 Å². The summed E-state index contributed by atoms with van der Waals surface area (Å²) in [7, 11) is -2.61. The fraction of sp³-hybridized carbons (Fsp3) is 0.188. The molecule has 0 atom stereocenters. The molecule has 134 valence electrons. The van der Waals surface area contributed by atoms with Crippen LogP contribution in [0.1, 0.15) is 5.56 Å². The number of ether oxygens (including phenoxy) is 1. The Labute approximate surface area is 156 Å². The Morgan fingerprint density at radius 3 is 2.40 bits per heavy atom. The van der Waals surface area contributed by atoms with Gasteiger partial charge in [-0.3, -0.25) is 10.2 Å². The van der Waals surface area contributed by atoms with E-state index in [4.69, 9.17) is 27.9 Å². The number of nitrogens with zero attached hydrogens (tertiary/aromatic N) is 1. The molecule has 1 N–H and O–H groups in total. The van der Waals surface area contributed by atoms with Crippen molar-refractivity contribution in [2.24, 2.45) is 0 Å². The Hall–Kier alpha value is -1.80. The molecule has 0 spiro atoms. The molecule has 0 heterocycles. The number of aryl methyl sites for hydroxylation is 1. The van der Waals surface area contributed by atoms with Crippen LogP contribution in [0.3, 0.4) is 0 Å². The van der Waals surface area contributed by atoms with E-state index in [-0.39, 0.29) is 15.7 Å². The molecule has 25 heavy (non-hydrogen) atoms. The summed E-state index contributed by atoms with van der Waals surface area (Å²) in [6.07, 6.45) is 0. The fourth-order valence-corrected chi connectivity index (χ4v) is 3.35. The SMILES string of the molecule is Cc1ccc(S(=O)(=O)N(C)NC(=O)COc2ccc(Cl)cc2Cl)cc1. The van der Waals surface area contributed by atoms with Gasteiger partial charge in [0.2, 0.25) is 0 Å². The molecule has 2 aromatic carbocycles. The molecule has 2 rings (SSSR count). The molecule has 0 saturated heterocycles. The summed E-state index contributed by atoms with van der Waals surface area (Å²) in [6, 6.07) is 10.8. The number of nitrogens with one attached hydrogen (secondary N) is 1. The molecule has 2 aromatic rings. The van der Waals surface area contributed by atoms with Crippen molar-refractivity contribution < 1.29 is 17.9 Å². The number of hydrogen-bond donors (Lipinski definition) is 1. The van der Waals surface area contributed by atoms with Crippen molar-refractivity contribution in [1.82, 2.24) is 9.84 Å². The molecule has 0 radical (unpaired) electrons. The topological polar surface area (TPSA) is 75.7 Å². The van der Waals surface area contributed by atoms with E-state index in [0.29, 0.717) is 5.02 Å². The van der Waals surface area contributed by atoms with Crippen molar-refractivity contribution in [2.45, 2.75) is 11.8 Å². The first-order valence-electron chi connectivity index (χ1n) is 7.13. The Morgan fingerprint density at radius 2 is 1.80 bits per heavy atom. The molecule has 0 fully saturated rings. The van der Waals surface area contributed by atoms with Crippen LogP contribution in [0.15, 0.2) is 47.4 Å². The Morgan fingerprint density at radius 1 is 1.16 bits per heavy atom. The summed E-state index contributed by atoms with van der Waals surface area (Å²) in [4.78, 5) is 12.0. The standard InChI is InChI=1S/C16H16Cl2N2O4S/c1-11-3-6-13(7-4-11)25(22,23)20(2)19-16(21)10-24-15-8-5-12(17)9-14(15)18/h3-9H,10H2,1-2H3,(H,19,21). The van der Waals surface area contributed by atoms with E-state index >= 15 is 0 Å². The van der Waals surface area contributed by atoms with Crippen LogP contribution in [0.5, 0.6) is 5.75 Å². The van der Waals surface area contributed by atoms with Gasteiger partial charge in [-0.2, -0.15) is 0 Å². The molecular weight excluding hydrogens is 387 g/mol. The van der Waals surface area contributed by atoms with E-state index in [9.17, 15) is 13.2 Å². The van der Waals surface area contributed by atoms with Crippen LogP contribution >= 0.6 is 23.2 Å². The predicted octanol–water partition coefficient (Wildman–Crippen LogP) is 3.03. The Kier molecular flexibility index (Phi) is 6.29. The lowest BCUT2D eigenvalue weighted by Crippen LogP contribution is -2.45. The molecule has 0 aromatic heterocycles. The maximum Gasteiger partial charge on any atom is 0.273 e. The first-order chi connectivity index (χ1) is 11.7. The van der Waals surface area contributed by atoms with Gasteiger partial charge in [0, 0.05) is 12.1 Å². The van der Waals surface area contributed by atoms with Gasteiger partial charge in [0.15, 0.2) is 6.61 Å². The molecule has 0 aliphatic rings. The van der Waals surface area contributed by atoms with Crippen molar-refractivity contribution in [1.29, 1.82) is 0 Å². The van der Waals surface area contributed by atoms with Crippen molar-refractivity contribution in [3.8, 4) is 5.75 Å². The average Bonchev–Trinajstić information content (AvgIpc) is 2.54. The van der Waals surface area contributed by atoms with Gasteiger partial charge in [0.05, 0.1) is 9.92 Å². The number of carbonyl (C=O) groups is 1.